The highest BCUT2D eigenvalue weighted by Gasteiger charge is 2.38. The zero-order valence-electron chi connectivity index (χ0n) is 17.3. The summed E-state index contributed by atoms with van der Waals surface area (Å²) in [4.78, 5) is 14.7. The molecule has 4 rings (SSSR count). The number of hydrogen-bond acceptors (Lipinski definition) is 5. The third-order valence-electron chi connectivity index (χ3n) is 5.23. The zero-order valence-corrected chi connectivity index (χ0v) is 18.1. The van der Waals surface area contributed by atoms with Crippen LogP contribution in [-0.4, -0.2) is 31.4 Å². The second kappa shape index (κ2) is 8.93. The highest BCUT2D eigenvalue weighted by atomic mass is 32.1. The molecule has 0 radical (unpaired) electrons. The highest BCUT2D eigenvalue weighted by molar-refractivity contribution is 7.80. The van der Waals surface area contributed by atoms with Crippen LogP contribution in [0.25, 0.3) is 0 Å². The molecule has 2 aromatic carbocycles. The number of benzene rings is 2. The molecule has 0 spiro atoms. The van der Waals surface area contributed by atoms with Gasteiger partial charge < -0.3 is 19.5 Å². The van der Waals surface area contributed by atoms with Crippen molar-refractivity contribution in [2.45, 2.75) is 25.8 Å². The second-order valence-corrected chi connectivity index (χ2v) is 7.56. The van der Waals surface area contributed by atoms with Crippen LogP contribution in [-0.2, 0) is 9.53 Å². The third kappa shape index (κ3) is 3.95. The molecule has 0 saturated carbocycles. The van der Waals surface area contributed by atoms with E-state index in [1.54, 1.807) is 23.1 Å². The Kier molecular flexibility index (Phi) is 6.08. The van der Waals surface area contributed by atoms with Gasteiger partial charge in [-0.05, 0) is 36.8 Å². The van der Waals surface area contributed by atoms with Crippen molar-refractivity contribution in [3.8, 4) is 11.5 Å². The largest absolute Gasteiger partial charge is 0.486 e. The summed E-state index contributed by atoms with van der Waals surface area (Å²) in [6.45, 7) is 2.96. The quantitative estimate of drug-likeness (QED) is 0.548. The van der Waals surface area contributed by atoms with Gasteiger partial charge in [-0.15, -0.1) is 0 Å². The predicted octanol–water partition coefficient (Wildman–Crippen LogP) is 4.26. The fourth-order valence-corrected chi connectivity index (χ4v) is 4.22. The molecule has 0 fully saturated rings. The maximum Gasteiger partial charge on any atom is 0.338 e. The number of anilines is 1. The first-order chi connectivity index (χ1) is 15.0. The van der Waals surface area contributed by atoms with E-state index in [9.17, 15) is 9.18 Å². The number of methoxy groups -OCH3 is 1. The van der Waals surface area contributed by atoms with E-state index in [-0.39, 0.29) is 0 Å². The van der Waals surface area contributed by atoms with Crippen molar-refractivity contribution >= 4 is 29.0 Å². The highest BCUT2D eigenvalue weighted by Crippen LogP contribution is 2.40. The van der Waals surface area contributed by atoms with Crippen LogP contribution in [0.1, 0.15) is 31.4 Å². The van der Waals surface area contributed by atoms with E-state index in [0.717, 1.165) is 12.1 Å². The molecule has 0 saturated heterocycles. The van der Waals surface area contributed by atoms with Crippen molar-refractivity contribution in [2.75, 3.05) is 25.2 Å². The van der Waals surface area contributed by atoms with Crippen molar-refractivity contribution < 1.29 is 23.4 Å². The number of nitrogens with zero attached hydrogens (tertiary/aromatic N) is 1. The van der Waals surface area contributed by atoms with Gasteiger partial charge in [-0.25, -0.2) is 9.18 Å². The van der Waals surface area contributed by atoms with Crippen molar-refractivity contribution in [1.82, 2.24) is 5.32 Å². The minimum absolute atomic E-state index is 0.331. The lowest BCUT2D eigenvalue weighted by Crippen LogP contribution is -2.48. The fourth-order valence-electron chi connectivity index (χ4n) is 3.89. The molecule has 1 atom stereocenters. The predicted molar refractivity (Wildman–Crippen MR) is 119 cm³/mol. The average molecular weight is 443 g/mol. The number of allylic oxidation sites excluding steroid dienone is 1. The Balaban J connectivity index is 1.88. The normalized spacial score (nSPS) is 18.0. The van der Waals surface area contributed by atoms with Crippen LogP contribution in [0.5, 0.6) is 11.5 Å². The number of fused-ring (bicyclic) bond motifs is 1. The number of carbonyl (C=O) groups excluding carboxylic acids is 1. The van der Waals surface area contributed by atoms with Crippen LogP contribution < -0.4 is 19.7 Å². The summed E-state index contributed by atoms with van der Waals surface area (Å²) in [7, 11) is 1.32. The summed E-state index contributed by atoms with van der Waals surface area (Å²) in [5.41, 5.74) is 2.06. The number of halogens is 1. The van der Waals surface area contributed by atoms with E-state index in [1.807, 2.05) is 25.1 Å². The van der Waals surface area contributed by atoms with Crippen molar-refractivity contribution in [3.05, 3.63) is 65.1 Å². The van der Waals surface area contributed by atoms with Gasteiger partial charge in [0.15, 0.2) is 16.6 Å². The molecule has 1 N–H and O–H groups in total. The minimum Gasteiger partial charge on any atom is -0.486 e. The Labute approximate surface area is 185 Å². The lowest BCUT2D eigenvalue weighted by molar-refractivity contribution is -0.136. The Morgan fingerprint density at radius 2 is 1.97 bits per heavy atom. The van der Waals surface area contributed by atoms with Crippen molar-refractivity contribution in [1.29, 1.82) is 0 Å². The van der Waals surface area contributed by atoms with E-state index in [2.05, 4.69) is 5.32 Å². The molecule has 6 nitrogen and oxygen atoms in total. The lowest BCUT2D eigenvalue weighted by atomic mass is 9.92. The Hall–Kier alpha value is -3.13. The number of esters is 1. The molecular formula is C23H23FN2O4S. The Bertz CT molecular complexity index is 1060. The van der Waals surface area contributed by atoms with Gasteiger partial charge in [0, 0.05) is 17.3 Å². The third-order valence-corrected chi connectivity index (χ3v) is 5.53. The van der Waals surface area contributed by atoms with Crippen LogP contribution in [0.15, 0.2) is 53.7 Å². The van der Waals surface area contributed by atoms with Gasteiger partial charge in [0.05, 0.1) is 24.4 Å². The number of nitrogens with one attached hydrogen (secondary N) is 1. The smallest absolute Gasteiger partial charge is 0.338 e. The first-order valence-corrected chi connectivity index (χ1v) is 10.5. The summed E-state index contributed by atoms with van der Waals surface area (Å²) in [6.07, 6.45) is 1.30. The van der Waals surface area contributed by atoms with Gasteiger partial charge in [-0.2, -0.15) is 0 Å². The monoisotopic (exact) mass is 442 g/mol. The molecule has 0 aliphatic carbocycles. The van der Waals surface area contributed by atoms with Crippen LogP contribution in [0, 0.1) is 5.82 Å². The summed E-state index contributed by atoms with van der Waals surface area (Å²) >= 11 is 5.69. The molecule has 162 valence electrons. The van der Waals surface area contributed by atoms with E-state index < -0.39 is 17.8 Å². The number of thiocarbonyl (C=S) groups is 1. The Morgan fingerprint density at radius 3 is 2.68 bits per heavy atom. The topological polar surface area (TPSA) is 60.0 Å². The zero-order chi connectivity index (χ0) is 22.0. The molecule has 2 aromatic rings. The number of carbonyl (C=O) groups is 1. The first kappa shape index (κ1) is 21.1. The Morgan fingerprint density at radius 1 is 1.23 bits per heavy atom. The van der Waals surface area contributed by atoms with Gasteiger partial charge in [-0.1, -0.05) is 31.5 Å². The second-order valence-electron chi connectivity index (χ2n) is 7.17. The minimum atomic E-state index is -0.754. The SMILES string of the molecule is CCCC1=C(C(=O)OC)C(c2ccccc2F)NC(=S)N1c1ccc2c(c1)OCCO2. The maximum absolute atomic E-state index is 14.7. The van der Waals surface area contributed by atoms with E-state index in [1.165, 1.54) is 13.2 Å². The number of rotatable bonds is 5. The molecule has 1 unspecified atom stereocenters. The molecule has 2 aliphatic rings. The number of hydrogen-bond donors (Lipinski definition) is 1. The first-order valence-electron chi connectivity index (χ1n) is 10.1. The fraction of sp³-hybridized carbons (Fsp3) is 0.304. The molecule has 8 heteroatoms. The summed E-state index contributed by atoms with van der Waals surface area (Å²) in [6, 6.07) is 11.1. The lowest BCUT2D eigenvalue weighted by Gasteiger charge is -2.39. The maximum atomic E-state index is 14.7. The van der Waals surface area contributed by atoms with E-state index in [0.29, 0.717) is 53.1 Å². The van der Waals surface area contributed by atoms with Gasteiger partial charge >= 0.3 is 5.97 Å². The number of ether oxygens (including phenoxy) is 3. The summed E-state index contributed by atoms with van der Waals surface area (Å²) in [5.74, 6) is 0.310. The van der Waals surface area contributed by atoms with Gasteiger partial charge in [0.1, 0.15) is 19.0 Å². The van der Waals surface area contributed by atoms with Crippen LogP contribution in [0.3, 0.4) is 0 Å². The summed E-state index contributed by atoms with van der Waals surface area (Å²) < 4.78 is 31.1. The molecular weight excluding hydrogens is 419 g/mol. The molecule has 2 aliphatic heterocycles. The van der Waals surface area contributed by atoms with E-state index >= 15 is 0 Å². The molecule has 0 amide bonds. The van der Waals surface area contributed by atoms with Crippen molar-refractivity contribution in [3.63, 3.8) is 0 Å². The van der Waals surface area contributed by atoms with Crippen LogP contribution in [0.2, 0.25) is 0 Å². The molecule has 31 heavy (non-hydrogen) atoms. The summed E-state index contributed by atoms with van der Waals surface area (Å²) in [5, 5.41) is 3.50. The molecule has 0 aromatic heterocycles. The van der Waals surface area contributed by atoms with Crippen LogP contribution in [0.4, 0.5) is 10.1 Å². The van der Waals surface area contributed by atoms with Gasteiger partial charge in [-0.3, -0.25) is 4.90 Å². The van der Waals surface area contributed by atoms with Crippen LogP contribution >= 0.6 is 12.2 Å². The van der Waals surface area contributed by atoms with Gasteiger partial charge in [0.25, 0.3) is 0 Å². The molecule has 0 bridgehead atoms. The van der Waals surface area contributed by atoms with E-state index in [4.69, 9.17) is 26.4 Å². The van der Waals surface area contributed by atoms with Crippen molar-refractivity contribution in [2.24, 2.45) is 0 Å². The average Bonchev–Trinajstić information content (AvgIpc) is 2.78. The van der Waals surface area contributed by atoms with Gasteiger partial charge in [0.2, 0.25) is 0 Å². The standard InChI is InChI=1S/C23H23FN2O4S/c1-3-6-17-20(22(27)28-2)21(15-7-4-5-8-16(15)24)25-23(31)26(17)14-9-10-18-19(13-14)30-12-11-29-18/h4-5,7-10,13,21H,3,6,11-12H2,1-2H3,(H,25,31). The molecule has 2 heterocycles.